The van der Waals surface area contributed by atoms with Crippen LogP contribution in [0.4, 0.5) is 11.4 Å². The minimum Gasteiger partial charge on any atom is -0.394 e. The lowest BCUT2D eigenvalue weighted by molar-refractivity contribution is -0.144. The van der Waals surface area contributed by atoms with Crippen LogP contribution in [0, 0.1) is 11.8 Å². The van der Waals surface area contributed by atoms with Gasteiger partial charge in [0.15, 0.2) is 0 Å². The number of benzene rings is 3. The van der Waals surface area contributed by atoms with Crippen molar-refractivity contribution in [3.05, 3.63) is 120 Å². The lowest BCUT2D eigenvalue weighted by Gasteiger charge is -2.38. The molecule has 6 atom stereocenters. The van der Waals surface area contributed by atoms with Gasteiger partial charge in [-0.05, 0) is 36.2 Å². The maximum atomic E-state index is 14.8. The van der Waals surface area contributed by atoms with Crippen LogP contribution in [0.5, 0.6) is 0 Å². The second-order valence-corrected chi connectivity index (χ2v) is 12.0. The zero-order valence-electron chi connectivity index (χ0n) is 23.9. The SMILES string of the molecule is O=C1[C@@H]2[C@H](C=CCN1c1ccccc1)O[C@]13C=CCN(c4ccccc4Cl)C(=O)C1N([C@@H](CO)Cc1ccccc1)C(=O)[C@H]23. The van der Waals surface area contributed by atoms with Crippen LogP contribution in [0.3, 0.4) is 0 Å². The van der Waals surface area contributed by atoms with E-state index in [0.29, 0.717) is 23.7 Å². The maximum absolute atomic E-state index is 14.8. The summed E-state index contributed by atoms with van der Waals surface area (Å²) in [5.74, 6) is -2.84. The number of halogens is 1. The molecule has 0 bridgehead atoms. The van der Waals surface area contributed by atoms with Crippen molar-refractivity contribution < 1.29 is 24.2 Å². The average molecular weight is 610 g/mol. The Labute approximate surface area is 260 Å². The summed E-state index contributed by atoms with van der Waals surface area (Å²) in [6.45, 7) is 0.167. The lowest BCUT2D eigenvalue weighted by Crippen LogP contribution is -2.58. The number of aliphatic hydroxyl groups excluding tert-OH is 1. The molecule has 224 valence electrons. The third-order valence-electron chi connectivity index (χ3n) is 9.23. The summed E-state index contributed by atoms with van der Waals surface area (Å²) < 4.78 is 6.78. The predicted octanol–water partition coefficient (Wildman–Crippen LogP) is 4.03. The van der Waals surface area contributed by atoms with E-state index in [1.54, 1.807) is 40.1 Å². The number of nitrogens with zero attached hydrogens (tertiary/aromatic N) is 3. The molecule has 4 heterocycles. The quantitative estimate of drug-likeness (QED) is 0.426. The molecule has 0 radical (unpaired) electrons. The van der Waals surface area contributed by atoms with Gasteiger partial charge in [-0.1, -0.05) is 96.6 Å². The van der Waals surface area contributed by atoms with Crippen molar-refractivity contribution in [1.29, 1.82) is 0 Å². The van der Waals surface area contributed by atoms with E-state index in [1.807, 2.05) is 78.9 Å². The molecule has 7 rings (SSSR count). The molecule has 44 heavy (non-hydrogen) atoms. The van der Waals surface area contributed by atoms with E-state index in [1.165, 1.54) is 4.90 Å². The number of likely N-dealkylation sites (tertiary alicyclic amines) is 1. The molecular weight excluding hydrogens is 578 g/mol. The number of hydrogen-bond donors (Lipinski definition) is 1. The standard InChI is InChI=1S/C35H32ClN3O5/c36-26-15-7-8-16-27(26)38-20-10-18-35-30(29-28(44-35)17-9-19-37(32(29)41)24-13-5-2-6-14-24)33(42)39(31(35)34(38)43)25(22-40)21-23-11-3-1-4-12-23/h1-18,25,28-31,40H,19-22H2/t25-,28+,29-,30+,31?,35+/m1/s1. The highest BCUT2D eigenvalue weighted by Gasteiger charge is 2.72. The van der Waals surface area contributed by atoms with Gasteiger partial charge in [-0.3, -0.25) is 14.4 Å². The Balaban J connectivity index is 1.35. The lowest BCUT2D eigenvalue weighted by atomic mass is 9.77. The first-order valence-electron chi connectivity index (χ1n) is 14.9. The number of amides is 3. The number of fused-ring (bicyclic) bond motifs is 2. The van der Waals surface area contributed by atoms with Gasteiger partial charge < -0.3 is 24.5 Å². The first-order valence-corrected chi connectivity index (χ1v) is 15.2. The molecular formula is C35H32ClN3O5. The second kappa shape index (κ2) is 11.4. The van der Waals surface area contributed by atoms with E-state index in [4.69, 9.17) is 16.3 Å². The summed E-state index contributed by atoms with van der Waals surface area (Å²) in [7, 11) is 0. The highest BCUT2D eigenvalue weighted by molar-refractivity contribution is 6.34. The summed E-state index contributed by atoms with van der Waals surface area (Å²) in [5.41, 5.74) is 0.715. The van der Waals surface area contributed by atoms with Gasteiger partial charge in [-0.25, -0.2) is 0 Å². The number of rotatable bonds is 6. The van der Waals surface area contributed by atoms with Crippen LogP contribution in [0.15, 0.2) is 109 Å². The number of hydrogen-bond acceptors (Lipinski definition) is 5. The third-order valence-corrected chi connectivity index (χ3v) is 9.55. The molecule has 1 unspecified atom stereocenters. The number of ether oxygens (including phenoxy) is 1. The summed E-state index contributed by atoms with van der Waals surface area (Å²) in [5, 5.41) is 11.1. The molecule has 0 aliphatic carbocycles. The second-order valence-electron chi connectivity index (χ2n) is 11.6. The van der Waals surface area contributed by atoms with Crippen molar-refractivity contribution in [2.75, 3.05) is 29.5 Å². The zero-order chi connectivity index (χ0) is 30.4. The molecule has 3 aromatic rings. The highest BCUT2D eigenvalue weighted by Crippen LogP contribution is 2.54. The zero-order valence-corrected chi connectivity index (χ0v) is 24.7. The molecule has 8 nitrogen and oxygen atoms in total. The van der Waals surface area contributed by atoms with E-state index in [9.17, 15) is 19.5 Å². The molecule has 1 spiro atoms. The number of para-hydroxylation sites is 2. The molecule has 0 saturated carbocycles. The van der Waals surface area contributed by atoms with Gasteiger partial charge >= 0.3 is 0 Å². The maximum Gasteiger partial charge on any atom is 0.253 e. The van der Waals surface area contributed by atoms with Gasteiger partial charge in [-0.15, -0.1) is 0 Å². The molecule has 0 aromatic heterocycles. The van der Waals surface area contributed by atoms with Crippen molar-refractivity contribution in [2.45, 2.75) is 30.2 Å². The Bertz CT molecular complexity index is 1650. The number of carbonyl (C=O) groups is 3. The number of carbonyl (C=O) groups excluding carboxylic acids is 3. The van der Waals surface area contributed by atoms with Crippen molar-refractivity contribution in [1.82, 2.24) is 4.90 Å². The normalized spacial score (nSPS) is 28.4. The summed E-state index contributed by atoms with van der Waals surface area (Å²) in [6.07, 6.45) is 6.97. The highest BCUT2D eigenvalue weighted by atomic mass is 35.5. The Hall–Kier alpha value is -4.24. The molecule has 1 N–H and O–H groups in total. The minimum absolute atomic E-state index is 0.205. The van der Waals surface area contributed by atoms with Gasteiger partial charge in [0.2, 0.25) is 11.8 Å². The third kappa shape index (κ3) is 4.48. The largest absolute Gasteiger partial charge is 0.394 e. The van der Waals surface area contributed by atoms with Gasteiger partial charge in [0, 0.05) is 18.8 Å². The molecule has 3 aromatic carbocycles. The molecule has 9 heteroatoms. The Morgan fingerprint density at radius 1 is 0.841 bits per heavy atom. The number of aliphatic hydroxyl groups is 1. The van der Waals surface area contributed by atoms with E-state index in [2.05, 4.69) is 0 Å². The fourth-order valence-electron chi connectivity index (χ4n) is 7.33. The Morgan fingerprint density at radius 2 is 1.52 bits per heavy atom. The first kappa shape index (κ1) is 28.5. The van der Waals surface area contributed by atoms with Gasteiger partial charge in [0.1, 0.15) is 11.6 Å². The molecule has 3 amide bonds. The van der Waals surface area contributed by atoms with E-state index >= 15 is 0 Å². The van der Waals surface area contributed by atoms with Gasteiger partial charge in [0.05, 0.1) is 41.3 Å². The smallest absolute Gasteiger partial charge is 0.253 e. The van der Waals surface area contributed by atoms with Crippen molar-refractivity contribution in [3.63, 3.8) is 0 Å². The van der Waals surface area contributed by atoms with Crippen molar-refractivity contribution in [3.8, 4) is 0 Å². The minimum atomic E-state index is -1.43. The predicted molar refractivity (Wildman–Crippen MR) is 167 cm³/mol. The summed E-state index contributed by atoms with van der Waals surface area (Å²) in [6, 6.07) is 24.1. The molecule has 4 aliphatic rings. The summed E-state index contributed by atoms with van der Waals surface area (Å²) in [4.78, 5) is 48.6. The van der Waals surface area contributed by atoms with Gasteiger partial charge in [-0.2, -0.15) is 0 Å². The van der Waals surface area contributed by atoms with Crippen LogP contribution in [-0.4, -0.2) is 71.2 Å². The van der Waals surface area contributed by atoms with Crippen LogP contribution in [-0.2, 0) is 25.5 Å². The summed E-state index contributed by atoms with van der Waals surface area (Å²) >= 11 is 6.57. The molecule has 2 saturated heterocycles. The van der Waals surface area contributed by atoms with Crippen LogP contribution in [0.2, 0.25) is 5.02 Å². The molecule has 2 fully saturated rings. The Kier molecular flexibility index (Phi) is 7.36. The molecule has 4 aliphatic heterocycles. The van der Waals surface area contributed by atoms with E-state index < -0.39 is 35.6 Å². The van der Waals surface area contributed by atoms with Gasteiger partial charge in [0.25, 0.3) is 5.91 Å². The van der Waals surface area contributed by atoms with Crippen molar-refractivity contribution in [2.24, 2.45) is 11.8 Å². The first-order chi connectivity index (χ1) is 21.4. The van der Waals surface area contributed by atoms with Crippen LogP contribution in [0.25, 0.3) is 0 Å². The fourth-order valence-corrected chi connectivity index (χ4v) is 7.57. The fraction of sp³-hybridized carbons (Fsp3) is 0.286. The van der Waals surface area contributed by atoms with Crippen molar-refractivity contribution >= 4 is 40.7 Å². The van der Waals surface area contributed by atoms with E-state index in [-0.39, 0.29) is 30.9 Å². The Morgan fingerprint density at radius 3 is 2.25 bits per heavy atom. The van der Waals surface area contributed by atoms with Crippen LogP contribution >= 0.6 is 11.6 Å². The van der Waals surface area contributed by atoms with E-state index in [0.717, 1.165) is 11.3 Å². The number of anilines is 2. The van der Waals surface area contributed by atoms with Crippen LogP contribution < -0.4 is 9.80 Å². The average Bonchev–Trinajstić information content (AvgIpc) is 3.36. The topological polar surface area (TPSA) is 90.4 Å². The monoisotopic (exact) mass is 609 g/mol. The van der Waals surface area contributed by atoms with Crippen LogP contribution in [0.1, 0.15) is 5.56 Å².